The maximum atomic E-state index is 6.09. The van der Waals surface area contributed by atoms with Crippen molar-refractivity contribution in [3.63, 3.8) is 0 Å². The number of hydrogen-bond donors (Lipinski definition) is 1. The van der Waals surface area contributed by atoms with Gasteiger partial charge in [-0.2, -0.15) is 0 Å². The Morgan fingerprint density at radius 1 is 1.25 bits per heavy atom. The first-order valence-corrected chi connectivity index (χ1v) is 5.59. The van der Waals surface area contributed by atoms with Crippen LogP contribution in [-0.2, 0) is 17.8 Å². The van der Waals surface area contributed by atoms with Gasteiger partial charge in [-0.05, 0) is 43.3 Å². The Kier molecular flexibility index (Phi) is 5.60. The van der Waals surface area contributed by atoms with Crippen molar-refractivity contribution in [2.24, 2.45) is 0 Å². The van der Waals surface area contributed by atoms with Gasteiger partial charge in [0.25, 0.3) is 0 Å². The van der Waals surface area contributed by atoms with Crippen molar-refractivity contribution >= 4 is 11.6 Å². The van der Waals surface area contributed by atoms with Gasteiger partial charge in [0, 0.05) is 7.11 Å². The van der Waals surface area contributed by atoms with Crippen LogP contribution in [0, 0.1) is 0 Å². The Hall–Kier alpha value is -0.770. The van der Waals surface area contributed by atoms with Gasteiger partial charge in [0.2, 0.25) is 0 Å². The highest BCUT2D eigenvalue weighted by molar-refractivity contribution is 6.32. The molecule has 0 radical (unpaired) electrons. The van der Waals surface area contributed by atoms with Crippen LogP contribution < -0.4 is 10.1 Å². The third-order valence-corrected chi connectivity index (χ3v) is 2.71. The van der Waals surface area contributed by atoms with E-state index >= 15 is 0 Å². The van der Waals surface area contributed by atoms with E-state index < -0.39 is 0 Å². The molecule has 1 aromatic rings. The van der Waals surface area contributed by atoms with E-state index in [4.69, 9.17) is 21.1 Å². The Morgan fingerprint density at radius 2 is 2.00 bits per heavy atom. The molecule has 0 fully saturated rings. The van der Waals surface area contributed by atoms with Crippen LogP contribution in [0.3, 0.4) is 0 Å². The molecule has 90 valence electrons. The third-order valence-electron chi connectivity index (χ3n) is 2.42. The summed E-state index contributed by atoms with van der Waals surface area (Å²) in [4.78, 5) is 0. The largest absolute Gasteiger partial charge is 0.495 e. The van der Waals surface area contributed by atoms with Crippen LogP contribution in [0.4, 0.5) is 0 Å². The molecule has 16 heavy (non-hydrogen) atoms. The molecule has 0 heterocycles. The second-order valence-electron chi connectivity index (χ2n) is 3.54. The molecule has 1 rings (SSSR count). The number of methoxy groups -OCH3 is 2. The lowest BCUT2D eigenvalue weighted by Crippen LogP contribution is -2.12. The number of likely N-dealkylation sites (N-methyl/N-ethyl adjacent to an activating group) is 1. The van der Waals surface area contributed by atoms with Crippen LogP contribution in [0.25, 0.3) is 0 Å². The smallest absolute Gasteiger partial charge is 0.137 e. The van der Waals surface area contributed by atoms with E-state index in [0.717, 1.165) is 18.5 Å². The number of hydrogen-bond acceptors (Lipinski definition) is 3. The van der Waals surface area contributed by atoms with E-state index in [1.807, 2.05) is 19.2 Å². The van der Waals surface area contributed by atoms with Gasteiger partial charge in [-0.3, -0.25) is 0 Å². The minimum atomic E-state index is 0.576. The van der Waals surface area contributed by atoms with Gasteiger partial charge >= 0.3 is 0 Å². The van der Waals surface area contributed by atoms with Gasteiger partial charge in [-0.1, -0.05) is 11.6 Å². The van der Waals surface area contributed by atoms with E-state index in [1.165, 1.54) is 5.56 Å². The number of halogens is 1. The van der Waals surface area contributed by atoms with Crippen molar-refractivity contribution in [2.75, 3.05) is 27.8 Å². The fourth-order valence-corrected chi connectivity index (χ4v) is 1.84. The van der Waals surface area contributed by atoms with E-state index in [9.17, 15) is 0 Å². The molecule has 0 aromatic heterocycles. The molecule has 0 unspecified atom stereocenters. The predicted molar refractivity (Wildman–Crippen MR) is 66.3 cm³/mol. The summed E-state index contributed by atoms with van der Waals surface area (Å²) in [6.45, 7) is 1.49. The molecule has 1 aromatic carbocycles. The highest BCUT2D eigenvalue weighted by atomic mass is 35.5. The van der Waals surface area contributed by atoms with E-state index in [2.05, 4.69) is 5.32 Å². The Balaban J connectivity index is 2.98. The van der Waals surface area contributed by atoms with Gasteiger partial charge in [-0.15, -0.1) is 0 Å². The van der Waals surface area contributed by atoms with Crippen molar-refractivity contribution in [3.05, 3.63) is 28.3 Å². The lowest BCUT2D eigenvalue weighted by atomic mass is 10.0. The lowest BCUT2D eigenvalue weighted by molar-refractivity contribution is 0.184. The number of benzene rings is 1. The van der Waals surface area contributed by atoms with Crippen LogP contribution in [-0.4, -0.2) is 27.8 Å². The zero-order chi connectivity index (χ0) is 12.0. The molecular weight excluding hydrogens is 226 g/mol. The Labute approximate surface area is 102 Å². The topological polar surface area (TPSA) is 30.5 Å². The fourth-order valence-electron chi connectivity index (χ4n) is 1.58. The summed E-state index contributed by atoms with van der Waals surface area (Å²) in [5.41, 5.74) is 2.32. The third kappa shape index (κ3) is 3.37. The first-order valence-electron chi connectivity index (χ1n) is 5.21. The highest BCUT2D eigenvalue weighted by Crippen LogP contribution is 2.28. The van der Waals surface area contributed by atoms with Crippen LogP contribution in [0.5, 0.6) is 5.75 Å². The van der Waals surface area contributed by atoms with Gasteiger partial charge in [0.15, 0.2) is 0 Å². The predicted octanol–water partition coefficient (Wildman–Crippen LogP) is 2.26. The monoisotopic (exact) mass is 243 g/mol. The normalized spacial score (nSPS) is 10.5. The highest BCUT2D eigenvalue weighted by Gasteiger charge is 2.08. The number of rotatable bonds is 6. The summed E-state index contributed by atoms with van der Waals surface area (Å²) >= 11 is 6.09. The quantitative estimate of drug-likeness (QED) is 0.832. The molecular formula is C12H18ClNO2. The molecule has 0 saturated heterocycles. The van der Waals surface area contributed by atoms with E-state index in [-0.39, 0.29) is 0 Å². The summed E-state index contributed by atoms with van der Waals surface area (Å²) in [6, 6.07) is 3.89. The average Bonchev–Trinajstić information content (AvgIpc) is 2.29. The van der Waals surface area contributed by atoms with Gasteiger partial charge in [-0.25, -0.2) is 0 Å². The van der Waals surface area contributed by atoms with Crippen LogP contribution in [0.15, 0.2) is 12.1 Å². The Bertz CT molecular complexity index is 342. The number of ether oxygens (including phenoxy) is 2. The van der Waals surface area contributed by atoms with Crippen molar-refractivity contribution < 1.29 is 9.47 Å². The molecule has 3 nitrogen and oxygen atoms in total. The van der Waals surface area contributed by atoms with Crippen molar-refractivity contribution in [1.82, 2.24) is 5.32 Å². The van der Waals surface area contributed by atoms with Gasteiger partial charge < -0.3 is 14.8 Å². The first kappa shape index (κ1) is 13.3. The van der Waals surface area contributed by atoms with Crippen LogP contribution >= 0.6 is 11.6 Å². The molecule has 0 aliphatic heterocycles. The maximum Gasteiger partial charge on any atom is 0.137 e. The molecule has 0 aliphatic carbocycles. The molecule has 1 N–H and O–H groups in total. The minimum Gasteiger partial charge on any atom is -0.495 e. The second kappa shape index (κ2) is 6.74. The average molecular weight is 244 g/mol. The van der Waals surface area contributed by atoms with Crippen LogP contribution in [0.2, 0.25) is 5.02 Å². The molecule has 0 amide bonds. The zero-order valence-electron chi connectivity index (χ0n) is 9.97. The SMILES string of the molecule is CNCCc1cc(Cl)c(OC)cc1COC. The summed E-state index contributed by atoms with van der Waals surface area (Å²) < 4.78 is 10.4. The second-order valence-corrected chi connectivity index (χ2v) is 3.95. The summed E-state index contributed by atoms with van der Waals surface area (Å²) in [6.07, 6.45) is 0.929. The molecule has 0 aliphatic rings. The molecule has 0 spiro atoms. The van der Waals surface area contributed by atoms with Crippen molar-refractivity contribution in [2.45, 2.75) is 13.0 Å². The van der Waals surface area contributed by atoms with Crippen molar-refractivity contribution in [3.8, 4) is 5.75 Å². The number of nitrogens with one attached hydrogen (secondary N) is 1. The summed E-state index contributed by atoms with van der Waals surface area (Å²) in [5.74, 6) is 0.696. The summed E-state index contributed by atoms with van der Waals surface area (Å²) in [5, 5.41) is 3.77. The van der Waals surface area contributed by atoms with Gasteiger partial charge in [0.1, 0.15) is 5.75 Å². The maximum absolute atomic E-state index is 6.09. The van der Waals surface area contributed by atoms with E-state index in [1.54, 1.807) is 14.2 Å². The fraction of sp³-hybridized carbons (Fsp3) is 0.500. The molecule has 0 saturated carbocycles. The Morgan fingerprint density at radius 3 is 2.56 bits per heavy atom. The minimum absolute atomic E-state index is 0.576. The van der Waals surface area contributed by atoms with Crippen molar-refractivity contribution in [1.29, 1.82) is 0 Å². The lowest BCUT2D eigenvalue weighted by Gasteiger charge is -2.12. The van der Waals surface area contributed by atoms with Crippen LogP contribution in [0.1, 0.15) is 11.1 Å². The molecule has 0 atom stereocenters. The molecule has 0 bridgehead atoms. The standard InChI is InChI=1S/C12H18ClNO2/c1-14-5-4-9-6-11(13)12(16-3)7-10(9)8-15-2/h6-7,14H,4-5,8H2,1-3H3. The van der Waals surface area contributed by atoms with Gasteiger partial charge in [0.05, 0.1) is 18.7 Å². The van der Waals surface area contributed by atoms with E-state index in [0.29, 0.717) is 17.4 Å². The molecule has 4 heteroatoms. The zero-order valence-corrected chi connectivity index (χ0v) is 10.7. The first-order chi connectivity index (χ1) is 7.72. The summed E-state index contributed by atoms with van der Waals surface area (Å²) in [7, 11) is 5.23.